The molecular formula is C26H33ClN4O3S. The van der Waals surface area contributed by atoms with Gasteiger partial charge in [-0.1, -0.05) is 35.9 Å². The first-order valence-corrected chi connectivity index (χ1v) is 12.9. The number of hydrogen-bond acceptors (Lipinski definition) is 6. The Morgan fingerprint density at radius 2 is 1.43 bits per heavy atom. The Balaban J connectivity index is 1.92. The van der Waals surface area contributed by atoms with Crippen LogP contribution >= 0.6 is 11.6 Å². The number of hydrogen-bond donors (Lipinski definition) is 1. The minimum Gasteiger partial charge on any atom is -0.497 e. The monoisotopic (exact) mass is 516 g/mol. The van der Waals surface area contributed by atoms with Crippen LogP contribution in [0.1, 0.15) is 50.4 Å². The second-order valence-electron chi connectivity index (χ2n) is 9.22. The van der Waals surface area contributed by atoms with Gasteiger partial charge < -0.3 is 14.4 Å². The number of anilines is 1. The summed E-state index contributed by atoms with van der Waals surface area (Å²) in [7, 11) is 2.04. The Labute approximate surface area is 215 Å². The van der Waals surface area contributed by atoms with E-state index >= 15 is 0 Å². The van der Waals surface area contributed by atoms with Crippen LogP contribution in [-0.2, 0) is 24.1 Å². The van der Waals surface area contributed by atoms with Gasteiger partial charge in [0.05, 0.1) is 30.0 Å². The molecule has 1 heterocycles. The molecule has 0 amide bonds. The Morgan fingerprint density at radius 3 is 1.86 bits per heavy atom. The predicted octanol–water partition coefficient (Wildman–Crippen LogP) is 5.47. The van der Waals surface area contributed by atoms with E-state index in [1.165, 1.54) is 0 Å². The highest BCUT2D eigenvalue weighted by atomic mass is 35.5. The molecule has 0 spiro atoms. The molecule has 188 valence electrons. The van der Waals surface area contributed by atoms with Crippen LogP contribution in [0.5, 0.6) is 11.5 Å². The Hall–Kier alpha value is -2.68. The van der Waals surface area contributed by atoms with Crippen molar-refractivity contribution in [2.75, 3.05) is 19.1 Å². The normalized spacial score (nSPS) is 13.2. The van der Waals surface area contributed by atoms with Crippen molar-refractivity contribution in [1.29, 1.82) is 0 Å². The topological polar surface area (TPSA) is 76.6 Å². The molecular weight excluding hydrogens is 484 g/mol. The number of benzene rings is 2. The van der Waals surface area contributed by atoms with Crippen LogP contribution in [0.25, 0.3) is 0 Å². The van der Waals surface area contributed by atoms with Gasteiger partial charge in [0.2, 0.25) is 0 Å². The first-order chi connectivity index (χ1) is 16.6. The zero-order chi connectivity index (χ0) is 25.6. The summed E-state index contributed by atoms with van der Waals surface area (Å²) in [5.41, 5.74) is 2.93. The second-order valence-corrected chi connectivity index (χ2v) is 11.6. The van der Waals surface area contributed by atoms with Gasteiger partial charge in [0, 0.05) is 24.7 Å². The van der Waals surface area contributed by atoms with Gasteiger partial charge in [-0.2, -0.15) is 0 Å². The number of nitrogens with zero attached hydrogens (tertiary/aromatic N) is 3. The van der Waals surface area contributed by atoms with E-state index in [2.05, 4.69) is 19.8 Å². The molecule has 2 aromatic carbocycles. The molecule has 1 N–H and O–H groups in total. The van der Waals surface area contributed by atoms with Crippen molar-refractivity contribution in [3.8, 4) is 11.5 Å². The molecule has 0 saturated heterocycles. The third kappa shape index (κ3) is 7.40. The van der Waals surface area contributed by atoms with Crippen molar-refractivity contribution < 1.29 is 13.7 Å². The van der Waals surface area contributed by atoms with Gasteiger partial charge in [0.25, 0.3) is 0 Å². The van der Waals surface area contributed by atoms with E-state index in [9.17, 15) is 4.21 Å². The standard InChI is InChI=1S/C26H33ClN4O3S/c1-18(30-35(32)26(2,3)4)23-15-24(28-29-25(23)27)31(16-19-7-11-21(33-5)12-8-19)17-20-9-13-22(34-6)14-10-20/h7-15,18,30H,16-17H2,1-6H3. The minimum atomic E-state index is -1.26. The zero-order valence-electron chi connectivity index (χ0n) is 21.0. The number of ether oxygens (including phenoxy) is 2. The molecule has 0 bridgehead atoms. The molecule has 3 aromatic rings. The minimum absolute atomic E-state index is 0.277. The highest BCUT2D eigenvalue weighted by Gasteiger charge is 2.24. The number of aromatic nitrogens is 2. The summed E-state index contributed by atoms with van der Waals surface area (Å²) in [4.78, 5) is 2.13. The van der Waals surface area contributed by atoms with Gasteiger partial charge >= 0.3 is 0 Å². The molecule has 7 nitrogen and oxygen atoms in total. The van der Waals surface area contributed by atoms with Crippen molar-refractivity contribution in [1.82, 2.24) is 14.9 Å². The van der Waals surface area contributed by atoms with E-state index in [-0.39, 0.29) is 11.2 Å². The Morgan fingerprint density at radius 1 is 0.943 bits per heavy atom. The summed E-state index contributed by atoms with van der Waals surface area (Å²) >= 11 is 6.42. The zero-order valence-corrected chi connectivity index (χ0v) is 22.6. The molecule has 0 saturated carbocycles. The van der Waals surface area contributed by atoms with Crippen molar-refractivity contribution in [3.05, 3.63) is 76.4 Å². The molecule has 0 fully saturated rings. The summed E-state index contributed by atoms with van der Waals surface area (Å²) < 4.78 is 26.0. The lowest BCUT2D eigenvalue weighted by atomic mass is 10.1. The van der Waals surface area contributed by atoms with E-state index in [1.807, 2.05) is 82.3 Å². The maximum Gasteiger partial charge on any atom is 0.156 e. The fourth-order valence-corrected chi connectivity index (χ4v) is 4.42. The molecule has 0 aliphatic heterocycles. The number of halogens is 1. The molecule has 2 atom stereocenters. The molecule has 35 heavy (non-hydrogen) atoms. The molecule has 9 heteroatoms. The smallest absolute Gasteiger partial charge is 0.156 e. The van der Waals surface area contributed by atoms with Crippen LogP contribution in [-0.4, -0.2) is 33.4 Å². The number of methoxy groups -OCH3 is 2. The van der Waals surface area contributed by atoms with Crippen LogP contribution in [0.3, 0.4) is 0 Å². The van der Waals surface area contributed by atoms with Gasteiger partial charge in [-0.25, -0.2) is 8.93 Å². The molecule has 2 unspecified atom stereocenters. The average Bonchev–Trinajstić information content (AvgIpc) is 2.84. The molecule has 0 aliphatic carbocycles. The van der Waals surface area contributed by atoms with Gasteiger partial charge in [-0.05, 0) is 69.2 Å². The van der Waals surface area contributed by atoms with Crippen LogP contribution in [0.15, 0.2) is 54.6 Å². The SMILES string of the molecule is COc1ccc(CN(Cc2ccc(OC)cc2)c2cc(C(C)NS(=O)C(C)(C)C)c(Cl)nn2)cc1. The summed E-state index contributed by atoms with van der Waals surface area (Å²) in [6.07, 6.45) is 0. The van der Waals surface area contributed by atoms with Crippen molar-refractivity contribution in [2.24, 2.45) is 0 Å². The van der Waals surface area contributed by atoms with E-state index in [0.717, 1.165) is 28.2 Å². The highest BCUT2D eigenvalue weighted by Crippen LogP contribution is 2.28. The van der Waals surface area contributed by atoms with Crippen LogP contribution in [0, 0.1) is 0 Å². The molecule has 3 rings (SSSR count). The van der Waals surface area contributed by atoms with Gasteiger partial charge in [0.15, 0.2) is 11.0 Å². The Bertz CT molecular complexity index is 1090. The molecule has 1 aromatic heterocycles. The quantitative estimate of drug-likeness (QED) is 0.385. The van der Waals surface area contributed by atoms with E-state index in [1.54, 1.807) is 14.2 Å². The summed E-state index contributed by atoms with van der Waals surface area (Å²) in [5.74, 6) is 2.28. The first-order valence-electron chi connectivity index (χ1n) is 11.3. The lowest BCUT2D eigenvalue weighted by Crippen LogP contribution is -2.35. The maximum atomic E-state index is 12.7. The van der Waals surface area contributed by atoms with Crippen molar-refractivity contribution in [3.63, 3.8) is 0 Å². The van der Waals surface area contributed by atoms with Crippen molar-refractivity contribution >= 4 is 28.4 Å². The van der Waals surface area contributed by atoms with Gasteiger partial charge in [-0.3, -0.25) is 0 Å². The lowest BCUT2D eigenvalue weighted by Gasteiger charge is -2.26. The lowest BCUT2D eigenvalue weighted by molar-refractivity contribution is 0.414. The van der Waals surface area contributed by atoms with Crippen molar-refractivity contribution in [2.45, 2.75) is 51.6 Å². The summed E-state index contributed by atoms with van der Waals surface area (Å²) in [6.45, 7) is 8.89. The van der Waals surface area contributed by atoms with E-state index in [4.69, 9.17) is 21.1 Å². The largest absolute Gasteiger partial charge is 0.497 e. The predicted molar refractivity (Wildman–Crippen MR) is 142 cm³/mol. The second kappa shape index (κ2) is 11.8. The Kier molecular flexibility index (Phi) is 9.10. The third-order valence-electron chi connectivity index (χ3n) is 5.46. The average molecular weight is 517 g/mol. The summed E-state index contributed by atoms with van der Waals surface area (Å²) in [6, 6.07) is 17.5. The molecule has 0 aliphatic rings. The highest BCUT2D eigenvalue weighted by molar-refractivity contribution is 7.84. The molecule has 0 radical (unpaired) electrons. The van der Waals surface area contributed by atoms with E-state index in [0.29, 0.717) is 18.9 Å². The fourth-order valence-electron chi connectivity index (χ4n) is 3.36. The van der Waals surface area contributed by atoms with Crippen LogP contribution < -0.4 is 19.1 Å². The number of nitrogens with one attached hydrogen (secondary N) is 1. The van der Waals surface area contributed by atoms with Gasteiger partial charge in [0.1, 0.15) is 11.5 Å². The maximum absolute atomic E-state index is 12.7. The first kappa shape index (κ1) is 26.9. The fraction of sp³-hybridized carbons (Fsp3) is 0.385. The van der Waals surface area contributed by atoms with Gasteiger partial charge in [-0.15, -0.1) is 10.2 Å². The van der Waals surface area contributed by atoms with E-state index < -0.39 is 15.7 Å². The summed E-state index contributed by atoms with van der Waals surface area (Å²) in [5, 5.41) is 8.91. The van der Waals surface area contributed by atoms with Crippen LogP contribution in [0.2, 0.25) is 5.15 Å². The third-order valence-corrected chi connectivity index (χ3v) is 7.43. The number of rotatable bonds is 10. The van der Waals surface area contributed by atoms with Crippen LogP contribution in [0.4, 0.5) is 5.82 Å².